The highest BCUT2D eigenvalue weighted by atomic mass is 19.2. The molecule has 2 unspecified atom stereocenters. The SMILES string of the molecule is C=CCCC1CC=C(C2C=C(F)C(c3ccc(-c4ccc(OCCCCCCC)c(F)c4F)cc3)=CC2)CC1. The summed E-state index contributed by atoms with van der Waals surface area (Å²) in [5.74, 6) is -1.35. The van der Waals surface area contributed by atoms with Gasteiger partial charge < -0.3 is 4.74 Å². The minimum Gasteiger partial charge on any atom is -0.490 e. The second-order valence-corrected chi connectivity index (χ2v) is 10.8. The van der Waals surface area contributed by atoms with Gasteiger partial charge in [0.15, 0.2) is 11.6 Å². The maximum absolute atomic E-state index is 15.2. The highest BCUT2D eigenvalue weighted by molar-refractivity contribution is 5.79. The van der Waals surface area contributed by atoms with Crippen molar-refractivity contribution in [1.29, 1.82) is 0 Å². The van der Waals surface area contributed by atoms with Gasteiger partial charge in [0, 0.05) is 17.1 Å². The Hall–Kier alpha value is -3.01. The molecule has 4 heteroatoms. The summed E-state index contributed by atoms with van der Waals surface area (Å²) in [7, 11) is 0. The molecule has 0 aliphatic heterocycles. The van der Waals surface area contributed by atoms with Gasteiger partial charge in [-0.2, -0.15) is 4.39 Å². The Kier molecular flexibility index (Phi) is 10.7. The number of benzene rings is 2. The number of hydrogen-bond donors (Lipinski definition) is 0. The quantitative estimate of drug-likeness (QED) is 0.183. The summed E-state index contributed by atoms with van der Waals surface area (Å²) < 4.78 is 50.3. The third-order valence-electron chi connectivity index (χ3n) is 8.05. The third kappa shape index (κ3) is 7.56. The van der Waals surface area contributed by atoms with E-state index in [0.717, 1.165) is 63.4 Å². The Bertz CT molecular complexity index is 1210. The minimum atomic E-state index is -0.968. The van der Waals surface area contributed by atoms with Crippen molar-refractivity contribution in [1.82, 2.24) is 0 Å². The molecule has 39 heavy (non-hydrogen) atoms. The number of rotatable bonds is 13. The van der Waals surface area contributed by atoms with Crippen LogP contribution in [0.3, 0.4) is 0 Å². The first kappa shape index (κ1) is 29.0. The zero-order valence-corrected chi connectivity index (χ0v) is 23.2. The lowest BCUT2D eigenvalue weighted by molar-refractivity contribution is 0.285. The molecule has 2 aliphatic rings. The second-order valence-electron chi connectivity index (χ2n) is 10.8. The summed E-state index contributed by atoms with van der Waals surface area (Å²) in [5, 5.41) is 0. The lowest BCUT2D eigenvalue weighted by Crippen LogP contribution is -2.12. The number of halogens is 3. The molecule has 2 aromatic rings. The van der Waals surface area contributed by atoms with Crippen LogP contribution in [0.2, 0.25) is 0 Å². The average molecular weight is 535 g/mol. The van der Waals surface area contributed by atoms with E-state index in [2.05, 4.69) is 19.6 Å². The minimum absolute atomic E-state index is 0.0575. The molecule has 0 spiro atoms. The third-order valence-corrected chi connectivity index (χ3v) is 8.05. The van der Waals surface area contributed by atoms with Crippen LogP contribution in [0.25, 0.3) is 16.7 Å². The maximum Gasteiger partial charge on any atom is 0.201 e. The molecule has 4 rings (SSSR count). The normalized spacial score (nSPS) is 19.2. The monoisotopic (exact) mass is 534 g/mol. The van der Waals surface area contributed by atoms with Gasteiger partial charge in [0.2, 0.25) is 5.82 Å². The predicted molar refractivity (Wildman–Crippen MR) is 156 cm³/mol. The van der Waals surface area contributed by atoms with Crippen molar-refractivity contribution in [3.8, 4) is 16.9 Å². The van der Waals surface area contributed by atoms with Crippen LogP contribution < -0.4 is 4.74 Å². The van der Waals surface area contributed by atoms with Gasteiger partial charge in [0.05, 0.1) is 6.61 Å². The van der Waals surface area contributed by atoms with E-state index < -0.39 is 11.6 Å². The van der Waals surface area contributed by atoms with Crippen molar-refractivity contribution in [2.75, 3.05) is 6.61 Å². The first-order chi connectivity index (χ1) is 19.0. The van der Waals surface area contributed by atoms with Gasteiger partial charge in [-0.1, -0.05) is 80.7 Å². The van der Waals surface area contributed by atoms with Gasteiger partial charge in [0.25, 0.3) is 0 Å². The lowest BCUT2D eigenvalue weighted by atomic mass is 9.79. The molecule has 0 aromatic heterocycles. The molecule has 0 bridgehead atoms. The van der Waals surface area contributed by atoms with Gasteiger partial charge in [-0.05, 0) is 80.2 Å². The largest absolute Gasteiger partial charge is 0.490 e. The Morgan fingerprint density at radius 3 is 2.36 bits per heavy atom. The molecule has 0 radical (unpaired) electrons. The second kappa shape index (κ2) is 14.4. The molecular weight excluding hydrogens is 493 g/mol. The number of ether oxygens (including phenoxy) is 1. The van der Waals surface area contributed by atoms with E-state index >= 15 is 4.39 Å². The van der Waals surface area contributed by atoms with Crippen LogP contribution in [0.4, 0.5) is 13.2 Å². The standard InChI is InChI=1S/C35H41F3O/c1-3-5-7-8-9-23-39-33-22-21-31(34(37)35(33)38)28-17-15-27(16-18-28)30-20-19-29(24-32(30)36)26-13-11-25(12-14-26)10-6-4-2/h4,13,15-18,20-22,24-25,29H,2-3,5-12,14,19,23H2,1H3. The van der Waals surface area contributed by atoms with Crippen LogP contribution in [0.5, 0.6) is 5.75 Å². The van der Waals surface area contributed by atoms with Crippen LogP contribution in [-0.2, 0) is 0 Å². The predicted octanol–water partition coefficient (Wildman–Crippen LogP) is 10.9. The summed E-state index contributed by atoms with van der Waals surface area (Å²) in [4.78, 5) is 0. The average Bonchev–Trinajstić information content (AvgIpc) is 2.96. The number of unbranched alkanes of at least 4 members (excludes halogenated alkanes) is 4. The highest BCUT2D eigenvalue weighted by Gasteiger charge is 2.23. The van der Waals surface area contributed by atoms with E-state index in [1.165, 1.54) is 24.5 Å². The maximum atomic E-state index is 15.2. The molecule has 2 aliphatic carbocycles. The van der Waals surface area contributed by atoms with Gasteiger partial charge in [0.1, 0.15) is 5.83 Å². The van der Waals surface area contributed by atoms with Crippen molar-refractivity contribution >= 4 is 5.57 Å². The Balaban J connectivity index is 1.37. The molecule has 2 atom stereocenters. The number of allylic oxidation sites excluding steroid dienone is 7. The fourth-order valence-corrected chi connectivity index (χ4v) is 5.64. The van der Waals surface area contributed by atoms with Crippen LogP contribution in [-0.4, -0.2) is 6.61 Å². The molecule has 0 saturated heterocycles. The lowest BCUT2D eigenvalue weighted by Gasteiger charge is -2.27. The molecule has 0 heterocycles. The molecule has 0 fully saturated rings. The van der Waals surface area contributed by atoms with Crippen molar-refractivity contribution in [3.05, 3.63) is 95.9 Å². The number of hydrogen-bond acceptors (Lipinski definition) is 1. The Morgan fingerprint density at radius 1 is 0.897 bits per heavy atom. The molecule has 1 nitrogen and oxygen atoms in total. The first-order valence-electron chi connectivity index (χ1n) is 14.6. The van der Waals surface area contributed by atoms with Crippen LogP contribution in [0, 0.1) is 23.5 Å². The van der Waals surface area contributed by atoms with E-state index in [1.54, 1.807) is 36.4 Å². The molecule has 0 saturated carbocycles. The van der Waals surface area contributed by atoms with Crippen molar-refractivity contribution < 1.29 is 17.9 Å². The fourth-order valence-electron chi connectivity index (χ4n) is 5.64. The van der Waals surface area contributed by atoms with Crippen LogP contribution in [0.15, 0.2) is 78.7 Å². The fraction of sp³-hybridized carbons (Fsp3) is 0.429. The van der Waals surface area contributed by atoms with E-state index in [4.69, 9.17) is 4.74 Å². The summed E-state index contributed by atoms with van der Waals surface area (Å²) in [6, 6.07) is 10.0. The van der Waals surface area contributed by atoms with Gasteiger partial charge in [-0.15, -0.1) is 6.58 Å². The Labute approximate surface area is 232 Å². The van der Waals surface area contributed by atoms with E-state index in [0.29, 0.717) is 23.7 Å². The highest BCUT2D eigenvalue weighted by Crippen LogP contribution is 2.39. The summed E-state index contributed by atoms with van der Waals surface area (Å²) >= 11 is 0. The van der Waals surface area contributed by atoms with E-state index in [9.17, 15) is 8.78 Å². The van der Waals surface area contributed by atoms with E-state index in [1.807, 2.05) is 12.2 Å². The van der Waals surface area contributed by atoms with Crippen molar-refractivity contribution in [2.45, 2.75) is 77.6 Å². The van der Waals surface area contributed by atoms with Gasteiger partial charge in [-0.3, -0.25) is 0 Å². The van der Waals surface area contributed by atoms with Gasteiger partial charge >= 0.3 is 0 Å². The smallest absolute Gasteiger partial charge is 0.201 e. The topological polar surface area (TPSA) is 9.23 Å². The summed E-state index contributed by atoms with van der Waals surface area (Å²) in [6.07, 6.45) is 19.6. The van der Waals surface area contributed by atoms with Crippen molar-refractivity contribution in [3.63, 3.8) is 0 Å². The van der Waals surface area contributed by atoms with Crippen LogP contribution in [0.1, 0.15) is 83.1 Å². The molecule has 0 N–H and O–H groups in total. The molecule has 0 amide bonds. The zero-order valence-electron chi connectivity index (χ0n) is 23.2. The molecular formula is C35H41F3O. The molecule has 208 valence electrons. The Morgan fingerprint density at radius 2 is 1.67 bits per heavy atom. The first-order valence-corrected chi connectivity index (χ1v) is 14.6. The summed E-state index contributed by atoms with van der Waals surface area (Å²) in [5.41, 5.74) is 3.34. The summed E-state index contributed by atoms with van der Waals surface area (Å²) in [6.45, 7) is 6.34. The molecule has 2 aromatic carbocycles. The van der Waals surface area contributed by atoms with Gasteiger partial charge in [-0.25, -0.2) is 8.78 Å². The van der Waals surface area contributed by atoms with E-state index in [-0.39, 0.29) is 23.1 Å². The van der Waals surface area contributed by atoms with Crippen molar-refractivity contribution in [2.24, 2.45) is 11.8 Å². The van der Waals surface area contributed by atoms with Crippen LogP contribution >= 0.6 is 0 Å². The zero-order chi connectivity index (χ0) is 27.6.